The van der Waals surface area contributed by atoms with Crippen molar-refractivity contribution in [3.05, 3.63) is 58.1 Å². The van der Waals surface area contributed by atoms with E-state index >= 15 is 0 Å². The molecule has 2 nitrogen and oxygen atoms in total. The van der Waals surface area contributed by atoms with Crippen molar-refractivity contribution in [2.24, 2.45) is 0 Å². The molecule has 0 radical (unpaired) electrons. The van der Waals surface area contributed by atoms with Gasteiger partial charge < -0.3 is 10.1 Å². The van der Waals surface area contributed by atoms with Crippen LogP contribution >= 0.6 is 23.2 Å². The van der Waals surface area contributed by atoms with Gasteiger partial charge in [0.2, 0.25) is 0 Å². The molecular weight excluding hydrogens is 293 g/mol. The first-order chi connectivity index (χ1) is 9.60. The lowest BCUT2D eigenvalue weighted by Gasteiger charge is -2.17. The third-order valence-electron chi connectivity index (χ3n) is 2.99. The monoisotopic (exact) mass is 309 g/mol. The van der Waals surface area contributed by atoms with E-state index in [1.54, 1.807) is 6.07 Å². The minimum atomic E-state index is 0.143. The molecule has 4 heteroatoms. The predicted octanol–water partition coefficient (Wildman–Crippen LogP) is 5.57. The summed E-state index contributed by atoms with van der Waals surface area (Å²) in [6, 6.07) is 13.6. The van der Waals surface area contributed by atoms with Gasteiger partial charge in [0.25, 0.3) is 0 Å². The molecule has 1 atom stereocenters. The van der Waals surface area contributed by atoms with Gasteiger partial charge in [-0.05, 0) is 49.7 Å². The highest BCUT2D eigenvalue weighted by atomic mass is 35.5. The standard InChI is InChI=1S/C16H17Cl2NO/c1-3-20-14-7-4-12(5-8-14)11(2)19-16-9-6-13(17)10-15(16)18/h4-11,19H,3H2,1-2H3. The number of hydrogen-bond acceptors (Lipinski definition) is 2. The first-order valence-corrected chi connectivity index (χ1v) is 7.30. The molecule has 0 saturated heterocycles. The molecule has 20 heavy (non-hydrogen) atoms. The van der Waals surface area contributed by atoms with E-state index < -0.39 is 0 Å². The molecule has 0 spiro atoms. The second kappa shape index (κ2) is 6.87. The molecule has 0 aliphatic carbocycles. The number of halogens is 2. The molecule has 0 aliphatic heterocycles. The minimum absolute atomic E-state index is 0.143. The number of hydrogen-bond donors (Lipinski definition) is 1. The summed E-state index contributed by atoms with van der Waals surface area (Å²) in [6.07, 6.45) is 0. The van der Waals surface area contributed by atoms with E-state index in [1.807, 2.05) is 43.3 Å². The van der Waals surface area contributed by atoms with Crippen LogP contribution < -0.4 is 10.1 Å². The van der Waals surface area contributed by atoms with E-state index in [2.05, 4.69) is 12.2 Å². The van der Waals surface area contributed by atoms with Crippen LogP contribution in [0.2, 0.25) is 10.0 Å². The summed E-state index contributed by atoms with van der Waals surface area (Å²) >= 11 is 12.1. The van der Waals surface area contributed by atoms with Gasteiger partial charge in [0.05, 0.1) is 17.3 Å². The molecule has 0 aliphatic rings. The van der Waals surface area contributed by atoms with Crippen LogP contribution in [-0.2, 0) is 0 Å². The smallest absolute Gasteiger partial charge is 0.119 e. The maximum atomic E-state index is 6.16. The summed E-state index contributed by atoms with van der Waals surface area (Å²) in [5.41, 5.74) is 2.04. The Balaban J connectivity index is 2.09. The molecular formula is C16H17Cl2NO. The van der Waals surface area contributed by atoms with Gasteiger partial charge in [-0.25, -0.2) is 0 Å². The maximum Gasteiger partial charge on any atom is 0.119 e. The van der Waals surface area contributed by atoms with Gasteiger partial charge in [-0.2, -0.15) is 0 Å². The number of nitrogens with one attached hydrogen (secondary N) is 1. The molecule has 1 unspecified atom stereocenters. The van der Waals surface area contributed by atoms with Gasteiger partial charge in [-0.1, -0.05) is 35.3 Å². The zero-order chi connectivity index (χ0) is 14.5. The normalized spacial score (nSPS) is 12.0. The zero-order valence-electron chi connectivity index (χ0n) is 11.5. The van der Waals surface area contributed by atoms with Gasteiger partial charge in [-0.3, -0.25) is 0 Å². The van der Waals surface area contributed by atoms with Gasteiger partial charge in [0.15, 0.2) is 0 Å². The fourth-order valence-electron chi connectivity index (χ4n) is 1.94. The average molecular weight is 310 g/mol. The Morgan fingerprint density at radius 1 is 1.10 bits per heavy atom. The molecule has 0 saturated carbocycles. The molecule has 0 fully saturated rings. The Hall–Kier alpha value is -1.38. The van der Waals surface area contributed by atoms with Gasteiger partial charge >= 0.3 is 0 Å². The summed E-state index contributed by atoms with van der Waals surface area (Å²) in [7, 11) is 0. The third-order valence-corrected chi connectivity index (χ3v) is 3.54. The molecule has 2 rings (SSSR count). The SMILES string of the molecule is CCOc1ccc(C(C)Nc2ccc(Cl)cc2Cl)cc1. The summed E-state index contributed by atoms with van der Waals surface area (Å²) in [6.45, 7) is 4.73. The Kier molecular flexibility index (Phi) is 5.16. The lowest BCUT2D eigenvalue weighted by atomic mass is 10.1. The second-order valence-corrected chi connectivity index (χ2v) is 5.34. The molecule has 0 bridgehead atoms. The van der Waals surface area contributed by atoms with Crippen molar-refractivity contribution in [2.75, 3.05) is 11.9 Å². The van der Waals surface area contributed by atoms with Crippen molar-refractivity contribution in [1.29, 1.82) is 0 Å². The van der Waals surface area contributed by atoms with Crippen LogP contribution in [0, 0.1) is 0 Å². The van der Waals surface area contributed by atoms with Crippen molar-refractivity contribution in [1.82, 2.24) is 0 Å². The van der Waals surface area contributed by atoms with E-state index in [1.165, 1.54) is 5.56 Å². The van der Waals surface area contributed by atoms with E-state index in [0.29, 0.717) is 16.7 Å². The van der Waals surface area contributed by atoms with Crippen molar-refractivity contribution >= 4 is 28.9 Å². The van der Waals surface area contributed by atoms with E-state index in [9.17, 15) is 0 Å². The first kappa shape index (κ1) is 15.0. The molecule has 106 valence electrons. The fraction of sp³-hybridized carbons (Fsp3) is 0.250. The van der Waals surface area contributed by atoms with Gasteiger partial charge in [0.1, 0.15) is 5.75 Å². The number of rotatable bonds is 5. The van der Waals surface area contributed by atoms with Crippen molar-refractivity contribution in [3.63, 3.8) is 0 Å². The fourth-order valence-corrected chi connectivity index (χ4v) is 2.41. The van der Waals surface area contributed by atoms with Crippen LogP contribution in [0.4, 0.5) is 5.69 Å². The van der Waals surface area contributed by atoms with E-state index in [0.717, 1.165) is 11.4 Å². The number of benzene rings is 2. The highest BCUT2D eigenvalue weighted by molar-refractivity contribution is 6.36. The van der Waals surface area contributed by atoms with Crippen LogP contribution in [0.3, 0.4) is 0 Å². The Labute approximate surface area is 129 Å². The Morgan fingerprint density at radius 3 is 2.40 bits per heavy atom. The summed E-state index contributed by atoms with van der Waals surface area (Å²) in [4.78, 5) is 0. The highest BCUT2D eigenvalue weighted by Crippen LogP contribution is 2.29. The van der Waals surface area contributed by atoms with Crippen LogP contribution in [-0.4, -0.2) is 6.61 Å². The number of anilines is 1. The van der Waals surface area contributed by atoms with Crippen LogP contribution in [0.25, 0.3) is 0 Å². The largest absolute Gasteiger partial charge is 0.494 e. The summed E-state index contributed by atoms with van der Waals surface area (Å²) in [5.74, 6) is 0.882. The summed E-state index contributed by atoms with van der Waals surface area (Å²) < 4.78 is 5.43. The minimum Gasteiger partial charge on any atom is -0.494 e. The molecule has 0 aromatic heterocycles. The van der Waals surface area contributed by atoms with Crippen molar-refractivity contribution in [2.45, 2.75) is 19.9 Å². The van der Waals surface area contributed by atoms with Crippen LogP contribution in [0.15, 0.2) is 42.5 Å². The molecule has 0 amide bonds. The lowest BCUT2D eigenvalue weighted by Crippen LogP contribution is -2.07. The van der Waals surface area contributed by atoms with Crippen molar-refractivity contribution in [3.8, 4) is 5.75 Å². The third kappa shape index (κ3) is 3.81. The quantitative estimate of drug-likeness (QED) is 0.780. The van der Waals surface area contributed by atoms with Crippen LogP contribution in [0.1, 0.15) is 25.5 Å². The predicted molar refractivity (Wildman–Crippen MR) is 86.1 cm³/mol. The lowest BCUT2D eigenvalue weighted by molar-refractivity contribution is 0.340. The van der Waals surface area contributed by atoms with Crippen molar-refractivity contribution < 1.29 is 4.74 Å². The molecule has 2 aromatic rings. The molecule has 0 heterocycles. The second-order valence-electron chi connectivity index (χ2n) is 4.49. The van der Waals surface area contributed by atoms with E-state index in [-0.39, 0.29) is 6.04 Å². The van der Waals surface area contributed by atoms with E-state index in [4.69, 9.17) is 27.9 Å². The topological polar surface area (TPSA) is 21.3 Å². The molecule has 2 aromatic carbocycles. The Bertz CT molecular complexity index is 569. The molecule has 1 N–H and O–H groups in total. The first-order valence-electron chi connectivity index (χ1n) is 6.54. The van der Waals surface area contributed by atoms with Gasteiger partial charge in [0, 0.05) is 11.1 Å². The van der Waals surface area contributed by atoms with Gasteiger partial charge in [-0.15, -0.1) is 0 Å². The van der Waals surface area contributed by atoms with Crippen LogP contribution in [0.5, 0.6) is 5.75 Å². The average Bonchev–Trinajstić information content (AvgIpc) is 2.43. The number of ether oxygens (including phenoxy) is 1. The summed E-state index contributed by atoms with van der Waals surface area (Å²) in [5, 5.41) is 4.63. The highest BCUT2D eigenvalue weighted by Gasteiger charge is 2.08. The maximum absolute atomic E-state index is 6.16. The zero-order valence-corrected chi connectivity index (χ0v) is 13.0. The Morgan fingerprint density at radius 2 is 1.80 bits per heavy atom.